The Morgan fingerprint density at radius 3 is 2.74 bits per heavy atom. The van der Waals surface area contributed by atoms with Crippen LogP contribution in [-0.2, 0) is 21.2 Å². The molecule has 11 heteroatoms. The first kappa shape index (κ1) is 24.0. The lowest BCUT2D eigenvalue weighted by atomic mass is 10.1. The minimum Gasteiger partial charge on any atom is -0.496 e. The van der Waals surface area contributed by atoms with Gasteiger partial charge < -0.3 is 10.1 Å². The van der Waals surface area contributed by atoms with Gasteiger partial charge in [0.15, 0.2) is 4.34 Å². The summed E-state index contributed by atoms with van der Waals surface area (Å²) in [5.74, 6) is 1.33. The van der Waals surface area contributed by atoms with Gasteiger partial charge in [-0.15, -0.1) is 10.2 Å². The smallest absolute Gasteiger partial charge is 0.243 e. The van der Waals surface area contributed by atoms with Crippen LogP contribution < -0.4 is 10.1 Å². The molecule has 3 rings (SSSR count). The van der Waals surface area contributed by atoms with Gasteiger partial charge in [-0.2, -0.15) is 4.31 Å². The van der Waals surface area contributed by atoms with Crippen LogP contribution in [0.15, 0.2) is 27.4 Å². The third kappa shape index (κ3) is 6.41. The highest BCUT2D eigenvalue weighted by Crippen LogP contribution is 2.28. The van der Waals surface area contributed by atoms with Crippen LogP contribution in [0, 0.1) is 0 Å². The van der Waals surface area contributed by atoms with Gasteiger partial charge in [-0.25, -0.2) is 8.42 Å². The van der Waals surface area contributed by atoms with Crippen molar-refractivity contribution in [3.8, 4) is 5.75 Å². The molecule has 2 heterocycles. The van der Waals surface area contributed by atoms with E-state index in [1.165, 1.54) is 18.4 Å². The van der Waals surface area contributed by atoms with Crippen molar-refractivity contribution in [2.45, 2.75) is 54.7 Å². The number of benzene rings is 1. The van der Waals surface area contributed by atoms with Crippen molar-refractivity contribution in [3.05, 3.63) is 23.8 Å². The van der Waals surface area contributed by atoms with Gasteiger partial charge in [0.1, 0.15) is 5.75 Å². The molecule has 1 amide bonds. The van der Waals surface area contributed by atoms with Gasteiger partial charge in [-0.3, -0.25) is 4.79 Å². The third-order valence-electron chi connectivity index (χ3n) is 4.91. The number of rotatable bonds is 10. The molecule has 8 nitrogen and oxygen atoms in total. The van der Waals surface area contributed by atoms with Gasteiger partial charge >= 0.3 is 0 Å². The van der Waals surface area contributed by atoms with Crippen molar-refractivity contribution in [1.82, 2.24) is 14.5 Å². The number of nitrogens with one attached hydrogen (secondary N) is 1. The van der Waals surface area contributed by atoms with E-state index in [-0.39, 0.29) is 17.2 Å². The molecule has 0 aliphatic carbocycles. The number of piperidine rings is 1. The second-order valence-corrected chi connectivity index (χ2v) is 11.5. The summed E-state index contributed by atoms with van der Waals surface area (Å²) in [4.78, 5) is 12.6. The van der Waals surface area contributed by atoms with Gasteiger partial charge in [0.25, 0.3) is 0 Å². The van der Waals surface area contributed by atoms with Crippen molar-refractivity contribution < 1.29 is 17.9 Å². The monoisotopic (exact) mass is 484 g/mol. The lowest BCUT2D eigenvalue weighted by Gasteiger charge is -2.26. The summed E-state index contributed by atoms with van der Waals surface area (Å²) in [6, 6.07) is 4.86. The van der Waals surface area contributed by atoms with E-state index < -0.39 is 10.0 Å². The molecule has 1 N–H and O–H groups in total. The molecular weight excluding hydrogens is 456 g/mol. The maximum Gasteiger partial charge on any atom is 0.243 e. The number of anilines is 1. The molecule has 0 radical (unpaired) electrons. The summed E-state index contributed by atoms with van der Waals surface area (Å²) in [7, 11) is -2.01. The van der Waals surface area contributed by atoms with Gasteiger partial charge in [0.2, 0.25) is 21.1 Å². The number of ether oxygens (including phenoxy) is 1. The highest BCUT2D eigenvalue weighted by molar-refractivity contribution is 8.01. The first-order valence-corrected chi connectivity index (χ1v) is 13.6. The van der Waals surface area contributed by atoms with Crippen molar-refractivity contribution in [1.29, 1.82) is 0 Å². The number of sulfonamides is 1. The van der Waals surface area contributed by atoms with E-state index in [1.807, 2.05) is 0 Å². The number of hydrogen-bond acceptors (Lipinski definition) is 8. The Bertz CT molecular complexity index is 988. The SMILES string of the molecule is CCCSc1nnc(NC(=O)CCc2cc(S(=O)(=O)N3CCCCC3)ccc2OC)s1. The fourth-order valence-corrected chi connectivity index (χ4v) is 6.56. The van der Waals surface area contributed by atoms with Gasteiger partial charge in [-0.05, 0) is 49.4 Å². The number of aryl methyl sites for hydroxylation is 1. The fourth-order valence-electron chi connectivity index (χ4n) is 3.30. The molecule has 1 aliphatic heterocycles. The highest BCUT2D eigenvalue weighted by atomic mass is 32.2. The topological polar surface area (TPSA) is 101 Å². The van der Waals surface area contributed by atoms with E-state index in [2.05, 4.69) is 22.4 Å². The van der Waals surface area contributed by atoms with Crippen molar-refractivity contribution in [3.63, 3.8) is 0 Å². The molecule has 1 aromatic heterocycles. The molecule has 1 aliphatic rings. The fraction of sp³-hybridized carbons (Fsp3) is 0.550. The van der Waals surface area contributed by atoms with Crippen LogP contribution in [0.4, 0.5) is 5.13 Å². The van der Waals surface area contributed by atoms with Crippen LogP contribution >= 0.6 is 23.1 Å². The molecule has 0 spiro atoms. The second-order valence-electron chi connectivity index (χ2n) is 7.21. The molecule has 2 aromatic rings. The Labute approximate surface area is 191 Å². The zero-order valence-electron chi connectivity index (χ0n) is 17.8. The predicted molar refractivity (Wildman–Crippen MR) is 123 cm³/mol. The van der Waals surface area contributed by atoms with Crippen molar-refractivity contribution in [2.24, 2.45) is 0 Å². The van der Waals surface area contributed by atoms with Crippen LogP contribution in [0.1, 0.15) is 44.6 Å². The van der Waals surface area contributed by atoms with E-state index in [4.69, 9.17) is 4.74 Å². The number of carbonyl (C=O) groups is 1. The predicted octanol–water partition coefficient (Wildman–Crippen LogP) is 3.79. The Balaban J connectivity index is 1.65. The normalized spacial score (nSPS) is 15.0. The maximum absolute atomic E-state index is 13.0. The highest BCUT2D eigenvalue weighted by Gasteiger charge is 2.26. The number of aromatic nitrogens is 2. The molecule has 1 fully saturated rings. The molecule has 1 aromatic carbocycles. The summed E-state index contributed by atoms with van der Waals surface area (Å²) < 4.78 is 33.7. The Morgan fingerprint density at radius 2 is 2.03 bits per heavy atom. The number of amides is 1. The quantitative estimate of drug-likeness (QED) is 0.404. The van der Waals surface area contributed by atoms with E-state index in [0.29, 0.717) is 36.0 Å². The van der Waals surface area contributed by atoms with Crippen LogP contribution in [0.5, 0.6) is 5.75 Å². The second kappa shape index (κ2) is 11.3. The minimum absolute atomic E-state index is 0.181. The molecule has 170 valence electrons. The van der Waals surface area contributed by atoms with Crippen LogP contribution in [0.3, 0.4) is 0 Å². The lowest BCUT2D eigenvalue weighted by Crippen LogP contribution is -2.35. The lowest BCUT2D eigenvalue weighted by molar-refractivity contribution is -0.116. The first-order chi connectivity index (χ1) is 14.9. The Kier molecular flexibility index (Phi) is 8.70. The van der Waals surface area contributed by atoms with E-state index in [1.54, 1.807) is 34.3 Å². The molecule has 31 heavy (non-hydrogen) atoms. The van der Waals surface area contributed by atoms with Crippen molar-refractivity contribution in [2.75, 3.05) is 31.3 Å². The van der Waals surface area contributed by atoms with Gasteiger partial charge in [0.05, 0.1) is 12.0 Å². The number of methoxy groups -OCH3 is 1. The average molecular weight is 485 g/mol. The first-order valence-electron chi connectivity index (χ1n) is 10.4. The van der Waals surface area contributed by atoms with E-state index >= 15 is 0 Å². The molecule has 0 bridgehead atoms. The maximum atomic E-state index is 13.0. The zero-order valence-corrected chi connectivity index (χ0v) is 20.2. The summed E-state index contributed by atoms with van der Waals surface area (Å²) in [6.45, 7) is 3.19. The van der Waals surface area contributed by atoms with Crippen LogP contribution in [0.25, 0.3) is 0 Å². The molecule has 1 saturated heterocycles. The molecular formula is C20H28N4O4S3. The molecule has 0 saturated carbocycles. The number of carbonyl (C=O) groups excluding carboxylic acids is 1. The van der Waals surface area contributed by atoms with E-state index in [9.17, 15) is 13.2 Å². The number of hydrogen-bond donors (Lipinski definition) is 1. The zero-order chi connectivity index (χ0) is 22.3. The number of thioether (sulfide) groups is 1. The summed E-state index contributed by atoms with van der Waals surface area (Å²) in [5.41, 5.74) is 0.687. The largest absolute Gasteiger partial charge is 0.496 e. The number of nitrogens with zero attached hydrogens (tertiary/aromatic N) is 3. The summed E-state index contributed by atoms with van der Waals surface area (Å²) >= 11 is 2.97. The third-order valence-corrected chi connectivity index (χ3v) is 8.98. The van der Waals surface area contributed by atoms with Crippen molar-refractivity contribution >= 4 is 44.2 Å². The standard InChI is InChI=1S/C20H28N4O4S3/c1-3-13-29-20-23-22-19(30-20)21-18(25)10-7-15-14-16(8-9-17(15)28-2)31(26,27)24-11-5-4-6-12-24/h8-9,14H,3-7,10-13H2,1-2H3,(H,21,22,25). The minimum atomic E-state index is -3.54. The summed E-state index contributed by atoms with van der Waals surface area (Å²) in [6.07, 6.45) is 4.40. The van der Waals surface area contributed by atoms with Crippen LogP contribution in [-0.4, -0.2) is 54.8 Å². The van der Waals surface area contributed by atoms with E-state index in [0.717, 1.165) is 35.8 Å². The van der Waals surface area contributed by atoms with Gasteiger partial charge in [-0.1, -0.05) is 36.4 Å². The average Bonchev–Trinajstić information content (AvgIpc) is 3.23. The Hall–Kier alpha value is -1.69. The summed E-state index contributed by atoms with van der Waals surface area (Å²) in [5, 5.41) is 11.3. The van der Waals surface area contributed by atoms with Gasteiger partial charge in [0, 0.05) is 25.3 Å². The molecule has 0 atom stereocenters. The Morgan fingerprint density at radius 1 is 1.26 bits per heavy atom. The van der Waals surface area contributed by atoms with Crippen LogP contribution in [0.2, 0.25) is 0 Å². The molecule has 0 unspecified atom stereocenters.